The van der Waals surface area contributed by atoms with Crippen molar-refractivity contribution in [2.75, 3.05) is 14.1 Å². The smallest absolute Gasteiger partial charge is 0.137 e. The third-order valence-electron chi connectivity index (χ3n) is 3.07. The minimum Gasteiger partial charge on any atom is -0.305 e. The van der Waals surface area contributed by atoms with Crippen LogP contribution in [0.2, 0.25) is 0 Å². The van der Waals surface area contributed by atoms with Gasteiger partial charge in [0.15, 0.2) is 0 Å². The molecule has 0 spiro atoms. The molecule has 2 heteroatoms. The molecular weight excluding hydrogens is 210 g/mol. The summed E-state index contributed by atoms with van der Waals surface area (Å²) >= 11 is 0. The van der Waals surface area contributed by atoms with Crippen LogP contribution in [0.3, 0.4) is 0 Å². The third kappa shape index (κ3) is 3.27. The predicted molar refractivity (Wildman–Crippen MR) is 70.7 cm³/mol. The minimum absolute atomic E-state index is 0.359. The van der Waals surface area contributed by atoms with Gasteiger partial charge in [0.05, 0.1) is 0 Å². The Balaban J connectivity index is 2.10. The van der Waals surface area contributed by atoms with Gasteiger partial charge in [-0.05, 0) is 37.2 Å². The van der Waals surface area contributed by atoms with Gasteiger partial charge in [0.2, 0.25) is 0 Å². The van der Waals surface area contributed by atoms with Crippen molar-refractivity contribution >= 4 is 11.4 Å². The monoisotopic (exact) mass is 229 g/mol. The van der Waals surface area contributed by atoms with Crippen molar-refractivity contribution < 1.29 is 4.79 Å². The second-order valence-corrected chi connectivity index (χ2v) is 4.91. The van der Waals surface area contributed by atoms with E-state index in [0.717, 1.165) is 13.0 Å². The van der Waals surface area contributed by atoms with E-state index in [-0.39, 0.29) is 0 Å². The van der Waals surface area contributed by atoms with Crippen molar-refractivity contribution in [2.24, 2.45) is 0 Å². The molecule has 0 heterocycles. The Morgan fingerprint density at radius 2 is 1.82 bits per heavy atom. The number of benzene rings is 1. The van der Waals surface area contributed by atoms with Crippen LogP contribution in [-0.2, 0) is 11.3 Å². The van der Waals surface area contributed by atoms with Gasteiger partial charge >= 0.3 is 0 Å². The van der Waals surface area contributed by atoms with Gasteiger partial charge in [0.1, 0.15) is 5.78 Å². The van der Waals surface area contributed by atoms with Gasteiger partial charge in [-0.3, -0.25) is 4.79 Å². The first-order valence-corrected chi connectivity index (χ1v) is 6.10. The molecule has 2 nitrogen and oxygen atoms in total. The molecule has 1 aromatic carbocycles. The standard InChI is InChI=1S/C15H19NO/c1-16(2)11-12-3-5-13(6-4-12)14-7-9-15(17)10-8-14/h3-7H,8-11H2,1-2H3. The van der Waals surface area contributed by atoms with Crippen LogP contribution in [0.1, 0.15) is 30.4 Å². The van der Waals surface area contributed by atoms with Gasteiger partial charge < -0.3 is 4.90 Å². The second-order valence-electron chi connectivity index (χ2n) is 4.91. The lowest BCUT2D eigenvalue weighted by Gasteiger charge is -2.14. The maximum atomic E-state index is 11.2. The molecule has 0 saturated carbocycles. The van der Waals surface area contributed by atoms with E-state index in [4.69, 9.17) is 0 Å². The summed E-state index contributed by atoms with van der Waals surface area (Å²) < 4.78 is 0. The Kier molecular flexibility index (Phi) is 3.75. The van der Waals surface area contributed by atoms with Gasteiger partial charge in [-0.2, -0.15) is 0 Å². The van der Waals surface area contributed by atoms with E-state index in [1.54, 1.807) is 0 Å². The van der Waals surface area contributed by atoms with Crippen LogP contribution in [0.4, 0.5) is 0 Å². The lowest BCUT2D eigenvalue weighted by Crippen LogP contribution is -2.10. The van der Waals surface area contributed by atoms with Crippen LogP contribution in [0.15, 0.2) is 30.3 Å². The first-order chi connectivity index (χ1) is 8.15. The van der Waals surface area contributed by atoms with E-state index in [2.05, 4.69) is 49.3 Å². The van der Waals surface area contributed by atoms with Gasteiger partial charge in [-0.1, -0.05) is 30.3 Å². The van der Waals surface area contributed by atoms with Gasteiger partial charge in [-0.15, -0.1) is 0 Å². The van der Waals surface area contributed by atoms with E-state index in [9.17, 15) is 4.79 Å². The highest BCUT2D eigenvalue weighted by atomic mass is 16.1. The van der Waals surface area contributed by atoms with Crippen molar-refractivity contribution in [3.63, 3.8) is 0 Å². The number of allylic oxidation sites excluding steroid dienone is 2. The molecule has 17 heavy (non-hydrogen) atoms. The second kappa shape index (κ2) is 5.28. The number of ketones is 1. The molecule has 0 bridgehead atoms. The fraction of sp³-hybridized carbons (Fsp3) is 0.400. The average Bonchev–Trinajstić information content (AvgIpc) is 2.30. The molecule has 0 amide bonds. The third-order valence-corrected chi connectivity index (χ3v) is 3.07. The largest absolute Gasteiger partial charge is 0.305 e. The Labute approximate surface area is 103 Å². The highest BCUT2D eigenvalue weighted by Gasteiger charge is 2.11. The molecule has 0 saturated heterocycles. The molecule has 1 aliphatic carbocycles. The highest BCUT2D eigenvalue weighted by molar-refractivity contribution is 5.86. The summed E-state index contributed by atoms with van der Waals surface area (Å²) in [7, 11) is 4.15. The quantitative estimate of drug-likeness (QED) is 0.794. The maximum absolute atomic E-state index is 11.2. The van der Waals surface area contributed by atoms with Crippen molar-refractivity contribution in [3.05, 3.63) is 41.5 Å². The van der Waals surface area contributed by atoms with Crippen LogP contribution < -0.4 is 0 Å². The Morgan fingerprint density at radius 1 is 1.12 bits per heavy atom. The molecule has 0 atom stereocenters. The van der Waals surface area contributed by atoms with Crippen LogP contribution in [0.5, 0.6) is 0 Å². The van der Waals surface area contributed by atoms with Crippen molar-refractivity contribution in [1.82, 2.24) is 4.90 Å². The molecule has 2 rings (SSSR count). The molecule has 0 aromatic heterocycles. The number of nitrogens with zero attached hydrogens (tertiary/aromatic N) is 1. The zero-order valence-corrected chi connectivity index (χ0v) is 10.6. The molecule has 1 aliphatic rings. The zero-order valence-electron chi connectivity index (χ0n) is 10.6. The summed E-state index contributed by atoms with van der Waals surface area (Å²) in [6.45, 7) is 0.970. The van der Waals surface area contributed by atoms with Gasteiger partial charge in [0, 0.05) is 19.4 Å². The Morgan fingerprint density at radius 3 is 2.35 bits per heavy atom. The first-order valence-electron chi connectivity index (χ1n) is 6.10. The highest BCUT2D eigenvalue weighted by Crippen LogP contribution is 2.25. The molecule has 0 unspecified atom stereocenters. The number of carbonyl (C=O) groups is 1. The van der Waals surface area contributed by atoms with E-state index in [1.165, 1.54) is 16.7 Å². The number of rotatable bonds is 3. The lowest BCUT2D eigenvalue weighted by atomic mass is 9.92. The van der Waals surface area contributed by atoms with Crippen LogP contribution in [0.25, 0.3) is 5.57 Å². The lowest BCUT2D eigenvalue weighted by molar-refractivity contribution is -0.118. The van der Waals surface area contributed by atoms with Crippen molar-refractivity contribution in [2.45, 2.75) is 25.8 Å². The van der Waals surface area contributed by atoms with Crippen LogP contribution >= 0.6 is 0 Å². The van der Waals surface area contributed by atoms with Crippen LogP contribution in [-0.4, -0.2) is 24.8 Å². The molecule has 90 valence electrons. The Bertz CT molecular complexity index is 429. The van der Waals surface area contributed by atoms with E-state index < -0.39 is 0 Å². The molecule has 0 N–H and O–H groups in total. The fourth-order valence-electron chi connectivity index (χ4n) is 2.17. The Hall–Kier alpha value is -1.41. The summed E-state index contributed by atoms with van der Waals surface area (Å²) in [6.07, 6.45) is 4.28. The maximum Gasteiger partial charge on any atom is 0.137 e. The minimum atomic E-state index is 0.359. The summed E-state index contributed by atoms with van der Waals surface area (Å²) in [6, 6.07) is 8.68. The number of Topliss-reactive ketones (excluding diaryl/α,β-unsaturated/α-hetero) is 1. The first kappa shape index (κ1) is 12.1. The molecule has 1 aromatic rings. The predicted octanol–water partition coefficient (Wildman–Crippen LogP) is 2.88. The summed E-state index contributed by atoms with van der Waals surface area (Å²) in [5.74, 6) is 0.359. The van der Waals surface area contributed by atoms with E-state index >= 15 is 0 Å². The number of hydrogen-bond donors (Lipinski definition) is 0. The van der Waals surface area contributed by atoms with Crippen LogP contribution in [0, 0.1) is 0 Å². The molecular formula is C15H19NO. The average molecular weight is 229 g/mol. The fourth-order valence-corrected chi connectivity index (χ4v) is 2.17. The van der Waals surface area contributed by atoms with Gasteiger partial charge in [-0.25, -0.2) is 0 Å². The van der Waals surface area contributed by atoms with E-state index in [0.29, 0.717) is 18.6 Å². The summed E-state index contributed by atoms with van der Waals surface area (Å²) in [5.41, 5.74) is 3.91. The SMILES string of the molecule is CN(C)Cc1ccc(C2=CCC(=O)CC2)cc1. The number of carbonyl (C=O) groups excluding carboxylic acids is 1. The normalized spacial score (nSPS) is 16.2. The van der Waals surface area contributed by atoms with E-state index in [1.807, 2.05) is 0 Å². The molecule has 0 radical (unpaired) electrons. The zero-order chi connectivity index (χ0) is 12.3. The van der Waals surface area contributed by atoms with Crippen molar-refractivity contribution in [3.8, 4) is 0 Å². The molecule has 0 aliphatic heterocycles. The van der Waals surface area contributed by atoms with Crippen molar-refractivity contribution in [1.29, 1.82) is 0 Å². The summed E-state index contributed by atoms with van der Waals surface area (Å²) in [4.78, 5) is 13.3. The summed E-state index contributed by atoms with van der Waals surface area (Å²) in [5, 5.41) is 0. The molecule has 0 fully saturated rings. The van der Waals surface area contributed by atoms with Gasteiger partial charge in [0.25, 0.3) is 0 Å². The number of hydrogen-bond acceptors (Lipinski definition) is 2. The topological polar surface area (TPSA) is 20.3 Å².